The predicted octanol–water partition coefficient (Wildman–Crippen LogP) is 1.58. The third kappa shape index (κ3) is 2.63. The molecule has 1 aliphatic heterocycles. The SMILES string of the molecule is C[C@]1(c2ccc(OC(F)F)cc2)NC(=O)N(CC#N)C1=O. The van der Waals surface area contributed by atoms with E-state index in [9.17, 15) is 18.4 Å². The van der Waals surface area contributed by atoms with Gasteiger partial charge in [-0.3, -0.25) is 4.79 Å². The van der Waals surface area contributed by atoms with Crippen molar-refractivity contribution in [3.05, 3.63) is 29.8 Å². The van der Waals surface area contributed by atoms with Crippen LogP contribution in [-0.2, 0) is 10.3 Å². The predicted molar refractivity (Wildman–Crippen MR) is 66.3 cm³/mol. The van der Waals surface area contributed by atoms with Crippen LogP contribution in [0.4, 0.5) is 13.6 Å². The molecule has 0 bridgehead atoms. The fourth-order valence-corrected chi connectivity index (χ4v) is 2.08. The lowest BCUT2D eigenvalue weighted by molar-refractivity contribution is -0.130. The number of rotatable bonds is 4. The second-order valence-electron chi connectivity index (χ2n) is 4.51. The number of carbonyl (C=O) groups excluding carboxylic acids is 2. The number of nitriles is 1. The lowest BCUT2D eigenvalue weighted by Gasteiger charge is -2.22. The van der Waals surface area contributed by atoms with Crippen molar-refractivity contribution in [3.8, 4) is 11.8 Å². The molecule has 0 aromatic heterocycles. The number of hydrogen-bond acceptors (Lipinski definition) is 4. The van der Waals surface area contributed by atoms with Crippen LogP contribution >= 0.6 is 0 Å². The van der Waals surface area contributed by atoms with E-state index in [4.69, 9.17) is 5.26 Å². The van der Waals surface area contributed by atoms with Crippen LogP contribution in [0.5, 0.6) is 5.75 Å². The number of carbonyl (C=O) groups is 2. The van der Waals surface area contributed by atoms with Gasteiger partial charge in [0, 0.05) is 0 Å². The molecule has 2 rings (SSSR count). The molecule has 6 nitrogen and oxygen atoms in total. The molecule has 1 atom stereocenters. The Morgan fingerprint density at radius 3 is 2.52 bits per heavy atom. The van der Waals surface area contributed by atoms with E-state index in [-0.39, 0.29) is 12.3 Å². The molecule has 110 valence electrons. The van der Waals surface area contributed by atoms with Gasteiger partial charge in [0.2, 0.25) is 0 Å². The molecular weight excluding hydrogens is 284 g/mol. The van der Waals surface area contributed by atoms with Crippen molar-refractivity contribution in [3.63, 3.8) is 0 Å². The van der Waals surface area contributed by atoms with Crippen LogP contribution in [0.1, 0.15) is 12.5 Å². The Labute approximate surface area is 118 Å². The Morgan fingerprint density at radius 1 is 1.38 bits per heavy atom. The zero-order valence-corrected chi connectivity index (χ0v) is 11.0. The van der Waals surface area contributed by atoms with Gasteiger partial charge in [-0.1, -0.05) is 12.1 Å². The molecule has 1 aromatic carbocycles. The molecule has 21 heavy (non-hydrogen) atoms. The van der Waals surface area contributed by atoms with E-state index in [1.54, 1.807) is 6.07 Å². The standard InChI is InChI=1S/C13H11F2N3O3/c1-13(10(19)18(7-6-16)12(20)17-13)8-2-4-9(5-3-8)21-11(14)15/h2-5,11H,7H2,1H3,(H,17,20)/t13-/m1/s1. The summed E-state index contributed by atoms with van der Waals surface area (Å²) < 4.78 is 28.4. The maximum Gasteiger partial charge on any atom is 0.387 e. The fourth-order valence-electron chi connectivity index (χ4n) is 2.08. The number of nitrogens with zero attached hydrogens (tertiary/aromatic N) is 2. The molecule has 1 aliphatic rings. The average Bonchev–Trinajstić information content (AvgIpc) is 2.64. The Kier molecular flexibility index (Phi) is 3.76. The van der Waals surface area contributed by atoms with E-state index in [1.165, 1.54) is 31.2 Å². The van der Waals surface area contributed by atoms with Crippen LogP contribution in [-0.4, -0.2) is 30.0 Å². The summed E-state index contributed by atoms with van der Waals surface area (Å²) in [7, 11) is 0. The molecule has 1 saturated heterocycles. The van der Waals surface area contributed by atoms with Gasteiger partial charge in [-0.2, -0.15) is 14.0 Å². The van der Waals surface area contributed by atoms with Crippen LogP contribution in [0.2, 0.25) is 0 Å². The maximum atomic E-state index is 12.2. The molecular formula is C13H11F2N3O3. The second-order valence-corrected chi connectivity index (χ2v) is 4.51. The third-order valence-electron chi connectivity index (χ3n) is 3.16. The molecule has 0 aliphatic carbocycles. The molecule has 0 unspecified atom stereocenters. The first kappa shape index (κ1) is 14.7. The number of benzene rings is 1. The first-order valence-corrected chi connectivity index (χ1v) is 5.95. The van der Waals surface area contributed by atoms with Crippen molar-refractivity contribution in [2.75, 3.05) is 6.54 Å². The number of nitrogens with one attached hydrogen (secondary N) is 1. The van der Waals surface area contributed by atoms with Gasteiger partial charge in [0.25, 0.3) is 5.91 Å². The van der Waals surface area contributed by atoms with E-state index in [1.807, 2.05) is 0 Å². The summed E-state index contributed by atoms with van der Waals surface area (Å²) in [6, 6.07) is 6.43. The van der Waals surface area contributed by atoms with E-state index >= 15 is 0 Å². The number of imide groups is 1. The number of alkyl halides is 2. The quantitative estimate of drug-likeness (QED) is 0.675. The van der Waals surface area contributed by atoms with E-state index < -0.39 is 24.1 Å². The number of halogens is 2. The Bertz CT molecular complexity index is 612. The van der Waals surface area contributed by atoms with Crippen LogP contribution in [0.15, 0.2) is 24.3 Å². The summed E-state index contributed by atoms with van der Waals surface area (Å²) in [4.78, 5) is 24.7. The highest BCUT2D eigenvalue weighted by molar-refractivity contribution is 6.07. The van der Waals surface area contributed by atoms with Crippen molar-refractivity contribution >= 4 is 11.9 Å². The zero-order chi connectivity index (χ0) is 15.6. The molecule has 1 fully saturated rings. The highest BCUT2D eigenvalue weighted by Gasteiger charge is 2.48. The second kappa shape index (κ2) is 5.36. The smallest absolute Gasteiger partial charge is 0.387 e. The topological polar surface area (TPSA) is 82.4 Å². The van der Waals surface area contributed by atoms with Gasteiger partial charge in [-0.05, 0) is 24.6 Å². The highest BCUT2D eigenvalue weighted by Crippen LogP contribution is 2.30. The lowest BCUT2D eigenvalue weighted by Crippen LogP contribution is -2.40. The Hall–Kier alpha value is -2.69. The molecule has 3 amide bonds. The van der Waals surface area contributed by atoms with Gasteiger partial charge < -0.3 is 10.1 Å². The van der Waals surface area contributed by atoms with Gasteiger partial charge in [0.1, 0.15) is 17.8 Å². The first-order chi connectivity index (χ1) is 9.88. The molecule has 1 aromatic rings. The first-order valence-electron chi connectivity index (χ1n) is 5.95. The minimum absolute atomic E-state index is 0.0528. The average molecular weight is 295 g/mol. The van der Waals surface area contributed by atoms with Crippen molar-refractivity contribution in [2.45, 2.75) is 19.1 Å². The van der Waals surface area contributed by atoms with E-state index in [0.29, 0.717) is 5.56 Å². The summed E-state index contributed by atoms with van der Waals surface area (Å²) in [5, 5.41) is 11.1. The molecule has 0 radical (unpaired) electrons. The van der Waals surface area contributed by atoms with Crippen molar-refractivity contribution in [1.29, 1.82) is 5.26 Å². The van der Waals surface area contributed by atoms with Crippen LogP contribution < -0.4 is 10.1 Å². The fraction of sp³-hybridized carbons (Fsp3) is 0.308. The molecule has 0 spiro atoms. The lowest BCUT2D eigenvalue weighted by atomic mass is 9.92. The molecule has 0 saturated carbocycles. The summed E-state index contributed by atoms with van der Waals surface area (Å²) in [6.45, 7) is -1.81. The van der Waals surface area contributed by atoms with Gasteiger partial charge in [0.05, 0.1) is 6.07 Å². The number of hydrogen-bond donors (Lipinski definition) is 1. The van der Waals surface area contributed by atoms with Gasteiger partial charge >= 0.3 is 12.6 Å². The number of amides is 3. The van der Waals surface area contributed by atoms with Crippen LogP contribution in [0.3, 0.4) is 0 Å². The van der Waals surface area contributed by atoms with E-state index in [2.05, 4.69) is 10.1 Å². The number of urea groups is 1. The summed E-state index contributed by atoms with van der Waals surface area (Å²) >= 11 is 0. The summed E-state index contributed by atoms with van der Waals surface area (Å²) in [5.41, 5.74) is -0.931. The van der Waals surface area contributed by atoms with Crippen molar-refractivity contribution < 1.29 is 23.1 Å². The van der Waals surface area contributed by atoms with Gasteiger partial charge in [0.15, 0.2) is 0 Å². The highest BCUT2D eigenvalue weighted by atomic mass is 19.3. The minimum atomic E-state index is -2.94. The number of ether oxygens (including phenoxy) is 1. The van der Waals surface area contributed by atoms with Gasteiger partial charge in [-0.15, -0.1) is 0 Å². The zero-order valence-electron chi connectivity index (χ0n) is 11.0. The summed E-state index contributed by atoms with van der Waals surface area (Å²) in [5.74, 6) is -0.625. The minimum Gasteiger partial charge on any atom is -0.435 e. The Balaban J connectivity index is 2.27. The molecule has 8 heteroatoms. The van der Waals surface area contributed by atoms with E-state index in [0.717, 1.165) is 4.90 Å². The largest absolute Gasteiger partial charge is 0.435 e. The Morgan fingerprint density at radius 2 is 2.00 bits per heavy atom. The van der Waals surface area contributed by atoms with Crippen molar-refractivity contribution in [1.82, 2.24) is 10.2 Å². The third-order valence-corrected chi connectivity index (χ3v) is 3.16. The van der Waals surface area contributed by atoms with Crippen LogP contribution in [0.25, 0.3) is 0 Å². The molecule has 1 N–H and O–H groups in total. The monoisotopic (exact) mass is 295 g/mol. The van der Waals surface area contributed by atoms with Gasteiger partial charge in [-0.25, -0.2) is 9.69 Å². The van der Waals surface area contributed by atoms with Crippen LogP contribution in [0, 0.1) is 11.3 Å². The molecule has 1 heterocycles. The summed E-state index contributed by atoms with van der Waals surface area (Å²) in [6.07, 6.45) is 0. The maximum absolute atomic E-state index is 12.2. The van der Waals surface area contributed by atoms with Crippen molar-refractivity contribution in [2.24, 2.45) is 0 Å². The normalized spacial score (nSPS) is 21.4.